The van der Waals surface area contributed by atoms with Crippen LogP contribution in [0.1, 0.15) is 6.92 Å². The Bertz CT molecular complexity index is 1030. The number of benzene rings is 2. The molecule has 2 N–H and O–H groups in total. The van der Waals surface area contributed by atoms with Gasteiger partial charge in [0.25, 0.3) is 0 Å². The van der Waals surface area contributed by atoms with Gasteiger partial charge >= 0.3 is 0 Å². The van der Waals surface area contributed by atoms with E-state index in [0.29, 0.717) is 22.4 Å². The molecule has 2 aromatic heterocycles. The van der Waals surface area contributed by atoms with Crippen LogP contribution < -0.4 is 15.6 Å². The maximum atomic E-state index is 13.3. The van der Waals surface area contributed by atoms with Gasteiger partial charge < -0.3 is 4.74 Å². The molecule has 0 saturated carbocycles. The van der Waals surface area contributed by atoms with E-state index in [1.54, 1.807) is 6.07 Å². The molecule has 2 aromatic carbocycles. The molecule has 5 nitrogen and oxygen atoms in total. The van der Waals surface area contributed by atoms with Crippen LogP contribution in [0.25, 0.3) is 20.4 Å². The highest BCUT2D eigenvalue weighted by atomic mass is 32.1. The Labute approximate surface area is 145 Å². The van der Waals surface area contributed by atoms with Crippen LogP contribution in [-0.4, -0.2) is 16.6 Å². The number of fused-ring (bicyclic) bond motifs is 2. The molecule has 8 heteroatoms. The van der Waals surface area contributed by atoms with Crippen molar-refractivity contribution in [1.29, 1.82) is 0 Å². The summed E-state index contributed by atoms with van der Waals surface area (Å²) in [5.74, 6) is 6.70. The zero-order valence-corrected chi connectivity index (χ0v) is 14.3. The van der Waals surface area contributed by atoms with E-state index >= 15 is 0 Å². The number of hydrazine groups is 1. The molecule has 4 aromatic rings. The number of ether oxygens (including phenoxy) is 1. The summed E-state index contributed by atoms with van der Waals surface area (Å²) in [4.78, 5) is 8.98. The molecule has 0 atom stereocenters. The van der Waals surface area contributed by atoms with Gasteiger partial charge in [-0.05, 0) is 43.3 Å². The third-order valence-electron chi connectivity index (χ3n) is 3.41. The van der Waals surface area contributed by atoms with Crippen molar-refractivity contribution in [1.82, 2.24) is 9.97 Å². The van der Waals surface area contributed by atoms with E-state index in [1.165, 1.54) is 39.8 Å². The smallest absolute Gasteiger partial charge is 0.207 e. The topological polar surface area (TPSA) is 64.3 Å². The average molecular weight is 360 g/mol. The third-order valence-corrected chi connectivity index (χ3v) is 5.45. The van der Waals surface area contributed by atoms with Gasteiger partial charge in [-0.15, -0.1) is 0 Å². The number of thiazole rings is 2. The van der Waals surface area contributed by atoms with Crippen LogP contribution in [0.3, 0.4) is 0 Å². The minimum Gasteiger partial charge on any atom is -0.494 e. The van der Waals surface area contributed by atoms with Crippen LogP contribution in [0.5, 0.6) is 5.75 Å². The fraction of sp³-hybridized carbons (Fsp3) is 0.125. The second-order valence-corrected chi connectivity index (χ2v) is 7.06. The molecule has 0 fully saturated rings. The van der Waals surface area contributed by atoms with Crippen LogP contribution in [0.4, 0.5) is 14.7 Å². The molecule has 0 saturated heterocycles. The molecule has 0 aliphatic carbocycles. The van der Waals surface area contributed by atoms with Crippen molar-refractivity contribution < 1.29 is 9.13 Å². The SMILES string of the molecule is CCOc1ccc2nc(N(N)c3nc4ccc(F)cc4s3)sc2c1. The van der Waals surface area contributed by atoms with Gasteiger partial charge in [0.1, 0.15) is 11.6 Å². The second-order valence-electron chi connectivity index (χ2n) is 5.04. The van der Waals surface area contributed by atoms with Crippen molar-refractivity contribution in [3.63, 3.8) is 0 Å². The standard InChI is InChI=1S/C16H13FN4OS2/c1-2-22-10-4-6-12-14(8-10)24-16(20-12)21(18)15-19-11-5-3-9(17)7-13(11)23-15/h3-8H,2,18H2,1H3. The third kappa shape index (κ3) is 2.68. The lowest BCUT2D eigenvalue weighted by Gasteiger charge is -2.09. The van der Waals surface area contributed by atoms with E-state index < -0.39 is 0 Å². The minimum absolute atomic E-state index is 0.287. The summed E-state index contributed by atoms with van der Waals surface area (Å²) >= 11 is 2.78. The Hall–Kier alpha value is -2.29. The summed E-state index contributed by atoms with van der Waals surface area (Å²) in [5, 5.41) is 2.63. The molecule has 0 amide bonds. The van der Waals surface area contributed by atoms with Crippen molar-refractivity contribution in [2.75, 3.05) is 11.6 Å². The van der Waals surface area contributed by atoms with E-state index in [9.17, 15) is 4.39 Å². The molecule has 4 rings (SSSR count). The molecule has 0 aliphatic heterocycles. The second kappa shape index (κ2) is 5.97. The number of aromatic nitrogens is 2. The number of nitrogens with two attached hydrogens (primary N) is 1. The van der Waals surface area contributed by atoms with E-state index in [1.807, 2.05) is 25.1 Å². The monoisotopic (exact) mass is 360 g/mol. The number of halogens is 1. The number of nitrogens with zero attached hydrogens (tertiary/aromatic N) is 3. The van der Waals surface area contributed by atoms with Crippen molar-refractivity contribution in [2.45, 2.75) is 6.92 Å². The van der Waals surface area contributed by atoms with Gasteiger partial charge in [0, 0.05) is 0 Å². The Morgan fingerprint density at radius 2 is 1.67 bits per heavy atom. The zero-order chi connectivity index (χ0) is 16.7. The molecule has 0 bridgehead atoms. The molecular formula is C16H13FN4OS2. The fourth-order valence-electron chi connectivity index (χ4n) is 2.32. The Balaban J connectivity index is 1.71. The van der Waals surface area contributed by atoms with E-state index in [4.69, 9.17) is 10.6 Å². The van der Waals surface area contributed by atoms with Gasteiger partial charge in [-0.1, -0.05) is 22.7 Å². The highest BCUT2D eigenvalue weighted by Crippen LogP contribution is 2.36. The largest absolute Gasteiger partial charge is 0.494 e. The normalized spacial score (nSPS) is 11.3. The van der Waals surface area contributed by atoms with Crippen molar-refractivity contribution in [3.8, 4) is 5.75 Å². The lowest BCUT2D eigenvalue weighted by molar-refractivity contribution is 0.341. The minimum atomic E-state index is -0.287. The van der Waals surface area contributed by atoms with Gasteiger partial charge in [-0.2, -0.15) is 0 Å². The first-order valence-corrected chi connectivity index (χ1v) is 8.91. The van der Waals surface area contributed by atoms with E-state index in [-0.39, 0.29) is 5.82 Å². The number of hydrogen-bond acceptors (Lipinski definition) is 7. The highest BCUT2D eigenvalue weighted by Gasteiger charge is 2.16. The summed E-state index contributed by atoms with van der Waals surface area (Å²) in [6.07, 6.45) is 0. The first kappa shape index (κ1) is 15.3. The zero-order valence-electron chi connectivity index (χ0n) is 12.7. The van der Waals surface area contributed by atoms with Crippen LogP contribution >= 0.6 is 22.7 Å². The molecule has 2 heterocycles. The van der Waals surface area contributed by atoms with Crippen LogP contribution in [0, 0.1) is 5.82 Å². The molecule has 122 valence electrons. The predicted octanol–water partition coefficient (Wildman–Crippen LogP) is 4.46. The summed E-state index contributed by atoms with van der Waals surface area (Å²) in [5.41, 5.74) is 1.56. The van der Waals surface area contributed by atoms with Gasteiger partial charge in [0.2, 0.25) is 10.3 Å². The maximum Gasteiger partial charge on any atom is 0.207 e. The summed E-state index contributed by atoms with van der Waals surface area (Å²) in [7, 11) is 0. The Kier molecular flexibility index (Phi) is 3.79. The lowest BCUT2D eigenvalue weighted by atomic mass is 10.3. The van der Waals surface area contributed by atoms with Crippen molar-refractivity contribution >= 4 is 53.4 Å². The molecule has 0 aliphatic rings. The predicted molar refractivity (Wildman–Crippen MR) is 96.7 cm³/mol. The fourth-order valence-corrected chi connectivity index (χ4v) is 4.22. The average Bonchev–Trinajstić information content (AvgIpc) is 3.17. The van der Waals surface area contributed by atoms with Gasteiger partial charge in [0.15, 0.2) is 0 Å². The summed E-state index contributed by atoms with van der Waals surface area (Å²) in [6, 6.07) is 10.2. The molecule has 0 spiro atoms. The van der Waals surface area contributed by atoms with Gasteiger partial charge in [-0.25, -0.2) is 25.2 Å². The molecule has 24 heavy (non-hydrogen) atoms. The quantitative estimate of drug-likeness (QED) is 0.430. The Morgan fingerprint density at radius 3 is 2.33 bits per heavy atom. The summed E-state index contributed by atoms with van der Waals surface area (Å²) in [6.45, 7) is 2.56. The highest BCUT2D eigenvalue weighted by molar-refractivity contribution is 7.24. The molecule has 0 radical (unpaired) electrons. The van der Waals surface area contributed by atoms with Crippen LogP contribution in [0.15, 0.2) is 36.4 Å². The van der Waals surface area contributed by atoms with Crippen LogP contribution in [0.2, 0.25) is 0 Å². The van der Waals surface area contributed by atoms with Crippen molar-refractivity contribution in [2.24, 2.45) is 5.84 Å². The number of anilines is 2. The first-order valence-electron chi connectivity index (χ1n) is 7.28. The molecular weight excluding hydrogens is 347 g/mol. The van der Waals surface area contributed by atoms with E-state index in [0.717, 1.165) is 20.7 Å². The molecule has 0 unspecified atom stereocenters. The van der Waals surface area contributed by atoms with Gasteiger partial charge in [0.05, 0.1) is 27.0 Å². The first-order chi connectivity index (χ1) is 11.6. The lowest BCUT2D eigenvalue weighted by Crippen LogP contribution is -2.24. The maximum absolute atomic E-state index is 13.3. The number of rotatable bonds is 4. The van der Waals surface area contributed by atoms with Gasteiger partial charge in [-0.3, -0.25) is 0 Å². The summed E-state index contributed by atoms with van der Waals surface area (Å²) < 4.78 is 20.6. The number of hydrogen-bond donors (Lipinski definition) is 1. The van der Waals surface area contributed by atoms with E-state index in [2.05, 4.69) is 9.97 Å². The Morgan fingerprint density at radius 1 is 1.04 bits per heavy atom. The van der Waals surface area contributed by atoms with Crippen LogP contribution in [-0.2, 0) is 0 Å². The van der Waals surface area contributed by atoms with Crippen molar-refractivity contribution in [3.05, 3.63) is 42.2 Å².